The number of fused-ring (bicyclic) bond motifs is 1. The number of hydrogen-bond donors (Lipinski definition) is 1. The Hall–Kier alpha value is -2.03. The maximum Gasteiger partial charge on any atom is 0.234 e. The molecule has 1 saturated heterocycles. The first-order valence-electron chi connectivity index (χ1n) is 9.55. The molecule has 6 nitrogen and oxygen atoms in total. The standard InChI is InChI=1S/C21H22ClN3O3S2/c1-13-5-3-6-14(2)20(13)24-19(26)10-29-21-23-17-11-30(27,28)12-18(17)25(21)16-8-4-7-15(22)9-16/h3-9,17-18H,10-12H2,1-2H3,(H,24,26). The van der Waals surface area contributed by atoms with Gasteiger partial charge >= 0.3 is 0 Å². The first-order chi connectivity index (χ1) is 14.2. The Labute approximate surface area is 185 Å². The number of benzene rings is 2. The van der Waals surface area contributed by atoms with Gasteiger partial charge in [-0.05, 0) is 43.2 Å². The number of nitrogens with zero attached hydrogens (tertiary/aromatic N) is 2. The second-order valence-electron chi connectivity index (χ2n) is 7.58. The van der Waals surface area contributed by atoms with Gasteiger partial charge in [0.25, 0.3) is 0 Å². The van der Waals surface area contributed by atoms with E-state index in [-0.39, 0.29) is 35.2 Å². The Morgan fingerprint density at radius 1 is 1.20 bits per heavy atom. The van der Waals surface area contributed by atoms with Crippen molar-refractivity contribution < 1.29 is 13.2 Å². The largest absolute Gasteiger partial charge is 0.325 e. The van der Waals surface area contributed by atoms with Crippen molar-refractivity contribution in [3.63, 3.8) is 0 Å². The molecule has 2 aliphatic rings. The van der Waals surface area contributed by atoms with Crippen molar-refractivity contribution >= 4 is 55.6 Å². The molecule has 2 aromatic carbocycles. The van der Waals surface area contributed by atoms with Gasteiger partial charge in [0, 0.05) is 16.4 Å². The van der Waals surface area contributed by atoms with Crippen molar-refractivity contribution in [2.75, 3.05) is 27.5 Å². The minimum absolute atomic E-state index is 0.0351. The topological polar surface area (TPSA) is 78.8 Å². The van der Waals surface area contributed by atoms with E-state index in [0.29, 0.717) is 10.2 Å². The lowest BCUT2D eigenvalue weighted by Gasteiger charge is -2.26. The van der Waals surface area contributed by atoms with E-state index in [9.17, 15) is 13.2 Å². The minimum Gasteiger partial charge on any atom is -0.325 e. The summed E-state index contributed by atoms with van der Waals surface area (Å²) in [6.45, 7) is 3.92. The summed E-state index contributed by atoms with van der Waals surface area (Å²) < 4.78 is 24.3. The number of carbonyl (C=O) groups excluding carboxylic acids is 1. The molecule has 2 unspecified atom stereocenters. The number of amides is 1. The molecule has 2 aromatic rings. The van der Waals surface area contributed by atoms with Gasteiger partial charge in [0.05, 0.1) is 29.3 Å². The van der Waals surface area contributed by atoms with Gasteiger partial charge in [-0.2, -0.15) is 0 Å². The number of amidine groups is 1. The number of hydrogen-bond acceptors (Lipinski definition) is 6. The number of nitrogens with one attached hydrogen (secondary N) is 1. The maximum absolute atomic E-state index is 12.6. The van der Waals surface area contributed by atoms with Gasteiger partial charge in [-0.1, -0.05) is 47.6 Å². The maximum atomic E-state index is 12.6. The van der Waals surface area contributed by atoms with Gasteiger partial charge in [0.15, 0.2) is 15.0 Å². The molecule has 0 radical (unpaired) electrons. The van der Waals surface area contributed by atoms with Crippen LogP contribution in [0.25, 0.3) is 0 Å². The van der Waals surface area contributed by atoms with Crippen LogP contribution in [0, 0.1) is 13.8 Å². The van der Waals surface area contributed by atoms with E-state index >= 15 is 0 Å². The summed E-state index contributed by atoms with van der Waals surface area (Å²) in [7, 11) is -3.13. The zero-order valence-electron chi connectivity index (χ0n) is 16.6. The lowest BCUT2D eigenvalue weighted by Crippen LogP contribution is -2.39. The van der Waals surface area contributed by atoms with Crippen LogP contribution in [-0.4, -0.2) is 48.8 Å². The van der Waals surface area contributed by atoms with Crippen LogP contribution in [0.1, 0.15) is 11.1 Å². The SMILES string of the molecule is Cc1cccc(C)c1NC(=O)CSC1=NC2CS(=O)(=O)CC2N1c1cccc(Cl)c1. The van der Waals surface area contributed by atoms with E-state index in [1.54, 1.807) is 12.1 Å². The third kappa shape index (κ3) is 4.36. The summed E-state index contributed by atoms with van der Waals surface area (Å²) in [4.78, 5) is 19.2. The van der Waals surface area contributed by atoms with E-state index in [4.69, 9.17) is 11.6 Å². The van der Waals surface area contributed by atoms with Crippen LogP contribution in [0.3, 0.4) is 0 Å². The van der Waals surface area contributed by atoms with Crippen LogP contribution in [0.15, 0.2) is 47.5 Å². The van der Waals surface area contributed by atoms with Crippen LogP contribution in [0.4, 0.5) is 11.4 Å². The Balaban J connectivity index is 1.52. The predicted octanol–water partition coefficient (Wildman–Crippen LogP) is 3.67. The highest BCUT2D eigenvalue weighted by atomic mass is 35.5. The number of thioether (sulfide) groups is 1. The van der Waals surface area contributed by atoms with Crippen molar-refractivity contribution in [1.29, 1.82) is 0 Å². The minimum atomic E-state index is -3.13. The molecule has 0 bridgehead atoms. The highest BCUT2D eigenvalue weighted by molar-refractivity contribution is 8.14. The van der Waals surface area contributed by atoms with E-state index in [1.807, 2.05) is 49.1 Å². The highest BCUT2D eigenvalue weighted by Gasteiger charge is 2.47. The number of aliphatic imine (C=N–C) groups is 1. The lowest BCUT2D eigenvalue weighted by molar-refractivity contribution is -0.113. The molecule has 30 heavy (non-hydrogen) atoms. The molecule has 0 spiro atoms. The summed E-state index contributed by atoms with van der Waals surface area (Å²) in [5.41, 5.74) is 3.62. The quantitative estimate of drug-likeness (QED) is 0.748. The molecule has 1 amide bonds. The molecule has 2 aliphatic heterocycles. The van der Waals surface area contributed by atoms with Gasteiger partial charge in [-0.3, -0.25) is 9.79 Å². The molecule has 158 valence electrons. The molecule has 0 aromatic heterocycles. The molecule has 2 atom stereocenters. The molecule has 1 fully saturated rings. The summed E-state index contributed by atoms with van der Waals surface area (Å²) in [6.07, 6.45) is 0. The first-order valence-corrected chi connectivity index (χ1v) is 12.7. The van der Waals surface area contributed by atoms with E-state index in [0.717, 1.165) is 22.5 Å². The normalized spacial score (nSPS) is 22.0. The van der Waals surface area contributed by atoms with E-state index < -0.39 is 9.84 Å². The summed E-state index contributed by atoms with van der Waals surface area (Å²) in [6, 6.07) is 12.6. The van der Waals surface area contributed by atoms with Crippen molar-refractivity contribution in [1.82, 2.24) is 0 Å². The van der Waals surface area contributed by atoms with Crippen LogP contribution < -0.4 is 10.2 Å². The van der Waals surface area contributed by atoms with Crippen molar-refractivity contribution in [2.24, 2.45) is 4.99 Å². The third-order valence-electron chi connectivity index (χ3n) is 5.27. The number of carbonyl (C=O) groups is 1. The van der Waals surface area contributed by atoms with Gasteiger partial charge < -0.3 is 10.2 Å². The monoisotopic (exact) mass is 463 g/mol. The second kappa shape index (κ2) is 8.24. The van der Waals surface area contributed by atoms with Gasteiger partial charge in [-0.15, -0.1) is 0 Å². The predicted molar refractivity (Wildman–Crippen MR) is 125 cm³/mol. The average molecular weight is 464 g/mol. The highest BCUT2D eigenvalue weighted by Crippen LogP contribution is 2.36. The molecule has 0 saturated carbocycles. The van der Waals surface area contributed by atoms with Gasteiger partial charge in [0.2, 0.25) is 5.91 Å². The third-order valence-corrected chi connectivity index (χ3v) is 8.17. The summed E-state index contributed by atoms with van der Waals surface area (Å²) in [5, 5.41) is 4.19. The number of aryl methyl sites for hydroxylation is 2. The molecular formula is C21H22ClN3O3S2. The Morgan fingerprint density at radius 2 is 1.90 bits per heavy atom. The fraction of sp³-hybridized carbons (Fsp3) is 0.333. The number of para-hydroxylation sites is 1. The molecule has 0 aliphatic carbocycles. The molecule has 2 heterocycles. The zero-order chi connectivity index (χ0) is 21.5. The van der Waals surface area contributed by atoms with Crippen LogP contribution in [0.5, 0.6) is 0 Å². The van der Waals surface area contributed by atoms with Crippen molar-refractivity contribution in [3.05, 3.63) is 58.6 Å². The van der Waals surface area contributed by atoms with Crippen molar-refractivity contribution in [2.45, 2.75) is 25.9 Å². The van der Waals surface area contributed by atoms with E-state index in [1.165, 1.54) is 11.8 Å². The average Bonchev–Trinajstić information content (AvgIpc) is 3.14. The molecule has 1 N–H and O–H groups in total. The molecule has 9 heteroatoms. The van der Waals surface area contributed by atoms with Crippen molar-refractivity contribution in [3.8, 4) is 0 Å². The summed E-state index contributed by atoms with van der Waals surface area (Å²) in [5.74, 6) is 0.131. The lowest BCUT2D eigenvalue weighted by atomic mass is 10.1. The Morgan fingerprint density at radius 3 is 2.60 bits per heavy atom. The Bertz CT molecular complexity index is 1110. The van der Waals surface area contributed by atoms with E-state index in [2.05, 4.69) is 10.3 Å². The van der Waals surface area contributed by atoms with Gasteiger partial charge in [0.1, 0.15) is 0 Å². The first kappa shape index (κ1) is 21.2. The van der Waals surface area contributed by atoms with Crippen LogP contribution >= 0.6 is 23.4 Å². The number of halogens is 1. The number of sulfone groups is 1. The van der Waals surface area contributed by atoms with Gasteiger partial charge in [-0.25, -0.2) is 8.42 Å². The summed E-state index contributed by atoms with van der Waals surface area (Å²) >= 11 is 7.48. The smallest absolute Gasteiger partial charge is 0.234 e. The molecule has 4 rings (SSSR count). The Kier molecular flexibility index (Phi) is 5.83. The fourth-order valence-electron chi connectivity index (χ4n) is 3.88. The number of rotatable bonds is 4. The molecular weight excluding hydrogens is 442 g/mol. The zero-order valence-corrected chi connectivity index (χ0v) is 19.0. The van der Waals surface area contributed by atoms with Crippen LogP contribution in [0.2, 0.25) is 5.02 Å². The number of anilines is 2. The second-order valence-corrected chi connectivity index (χ2v) is 11.1. The fourth-order valence-corrected chi connectivity index (χ4v) is 6.83. The van der Waals surface area contributed by atoms with Crippen LogP contribution in [-0.2, 0) is 14.6 Å².